The van der Waals surface area contributed by atoms with Crippen LogP contribution in [0.5, 0.6) is 0 Å². The van der Waals surface area contributed by atoms with Crippen molar-refractivity contribution in [3.8, 4) is 0 Å². The first-order valence-electron chi connectivity index (χ1n) is 10.3. The Morgan fingerprint density at radius 1 is 1.03 bits per heavy atom. The molecule has 1 atom stereocenters. The zero-order valence-corrected chi connectivity index (χ0v) is 19.6. The minimum atomic E-state index is -3.64. The number of hydrogen-bond donors (Lipinski definition) is 1. The number of anilines is 2. The van der Waals surface area contributed by atoms with Crippen molar-refractivity contribution in [2.45, 2.75) is 47.2 Å². The van der Waals surface area contributed by atoms with Crippen molar-refractivity contribution in [2.75, 3.05) is 28.6 Å². The van der Waals surface area contributed by atoms with Gasteiger partial charge in [-0.1, -0.05) is 24.3 Å². The van der Waals surface area contributed by atoms with Gasteiger partial charge in [0.05, 0.1) is 11.9 Å². The lowest BCUT2D eigenvalue weighted by atomic mass is 10.1. The normalized spacial score (nSPS) is 12.3. The molecule has 0 bridgehead atoms. The second-order valence-corrected chi connectivity index (χ2v) is 9.44. The SMILES string of the molecule is CCN(CC)c1ccc(CNC(=O)C(C)N(c2cc(C)ccc2C)S(C)(=O)=O)cc1. The molecule has 0 aliphatic heterocycles. The van der Waals surface area contributed by atoms with Gasteiger partial charge in [-0.25, -0.2) is 8.42 Å². The molecule has 0 heterocycles. The molecule has 0 aliphatic rings. The van der Waals surface area contributed by atoms with E-state index in [1.807, 2.05) is 50.2 Å². The van der Waals surface area contributed by atoms with Crippen LogP contribution in [-0.4, -0.2) is 39.7 Å². The molecule has 6 nitrogen and oxygen atoms in total. The molecule has 2 aromatic carbocycles. The topological polar surface area (TPSA) is 69.7 Å². The average Bonchev–Trinajstić information content (AvgIpc) is 2.69. The Morgan fingerprint density at radius 2 is 1.63 bits per heavy atom. The van der Waals surface area contributed by atoms with E-state index in [2.05, 4.69) is 24.1 Å². The Labute approximate surface area is 180 Å². The minimum absolute atomic E-state index is 0.339. The average molecular weight is 432 g/mol. The van der Waals surface area contributed by atoms with E-state index in [9.17, 15) is 13.2 Å². The van der Waals surface area contributed by atoms with Crippen LogP contribution in [0.4, 0.5) is 11.4 Å². The summed E-state index contributed by atoms with van der Waals surface area (Å²) in [4.78, 5) is 15.1. The van der Waals surface area contributed by atoms with Crippen LogP contribution in [0.2, 0.25) is 0 Å². The Bertz CT molecular complexity index is 968. The molecule has 1 unspecified atom stereocenters. The quantitative estimate of drug-likeness (QED) is 0.658. The van der Waals surface area contributed by atoms with E-state index >= 15 is 0 Å². The number of aryl methyl sites for hydroxylation is 2. The predicted molar refractivity (Wildman–Crippen MR) is 125 cm³/mol. The third-order valence-corrected chi connectivity index (χ3v) is 6.45. The standard InChI is InChI=1S/C23H33N3O3S/c1-7-25(8-2)21-13-11-20(12-14-21)16-24-23(27)19(5)26(30(6,28)29)22-15-17(3)9-10-18(22)4/h9-15,19H,7-8,16H2,1-6H3,(H,24,27). The van der Waals surface area contributed by atoms with Crippen molar-refractivity contribution in [3.05, 3.63) is 59.2 Å². The molecule has 1 N–H and O–H groups in total. The van der Waals surface area contributed by atoms with Crippen LogP contribution in [-0.2, 0) is 21.4 Å². The van der Waals surface area contributed by atoms with Crippen molar-refractivity contribution in [1.82, 2.24) is 5.32 Å². The highest BCUT2D eigenvalue weighted by atomic mass is 32.2. The fraction of sp³-hybridized carbons (Fsp3) is 0.435. The number of carbonyl (C=O) groups excluding carboxylic acids is 1. The smallest absolute Gasteiger partial charge is 0.243 e. The van der Waals surface area contributed by atoms with Gasteiger partial charge in [-0.3, -0.25) is 9.10 Å². The van der Waals surface area contributed by atoms with E-state index < -0.39 is 16.1 Å². The molecular weight excluding hydrogens is 398 g/mol. The van der Waals surface area contributed by atoms with Crippen molar-refractivity contribution in [1.29, 1.82) is 0 Å². The highest BCUT2D eigenvalue weighted by Gasteiger charge is 2.30. The lowest BCUT2D eigenvalue weighted by Crippen LogP contribution is -2.48. The number of hydrogen-bond acceptors (Lipinski definition) is 4. The Hall–Kier alpha value is -2.54. The van der Waals surface area contributed by atoms with Crippen molar-refractivity contribution >= 4 is 27.3 Å². The van der Waals surface area contributed by atoms with Crippen LogP contribution in [0.1, 0.15) is 37.5 Å². The maximum Gasteiger partial charge on any atom is 0.243 e. The molecule has 2 rings (SSSR count). The van der Waals surface area contributed by atoms with E-state index in [1.165, 1.54) is 4.31 Å². The van der Waals surface area contributed by atoms with Gasteiger partial charge in [0.2, 0.25) is 15.9 Å². The number of amides is 1. The van der Waals surface area contributed by atoms with E-state index in [-0.39, 0.29) is 5.91 Å². The number of carbonyl (C=O) groups is 1. The van der Waals surface area contributed by atoms with Gasteiger partial charge >= 0.3 is 0 Å². The maximum absolute atomic E-state index is 12.8. The zero-order chi connectivity index (χ0) is 22.5. The third kappa shape index (κ3) is 5.75. The van der Waals surface area contributed by atoms with Gasteiger partial charge in [-0.15, -0.1) is 0 Å². The van der Waals surface area contributed by atoms with E-state index in [4.69, 9.17) is 0 Å². The summed E-state index contributed by atoms with van der Waals surface area (Å²) in [7, 11) is -3.64. The van der Waals surface area contributed by atoms with Gasteiger partial charge in [0.25, 0.3) is 0 Å². The Morgan fingerprint density at radius 3 is 2.17 bits per heavy atom. The molecule has 30 heavy (non-hydrogen) atoms. The molecular formula is C23H33N3O3S. The van der Waals surface area contributed by atoms with E-state index in [0.29, 0.717) is 12.2 Å². The van der Waals surface area contributed by atoms with Crippen molar-refractivity contribution in [2.24, 2.45) is 0 Å². The zero-order valence-electron chi connectivity index (χ0n) is 18.8. The molecule has 2 aromatic rings. The van der Waals surface area contributed by atoms with Crippen LogP contribution in [0.15, 0.2) is 42.5 Å². The second-order valence-electron chi connectivity index (χ2n) is 7.58. The number of nitrogens with zero attached hydrogens (tertiary/aromatic N) is 2. The summed E-state index contributed by atoms with van der Waals surface area (Å²) < 4.78 is 26.2. The molecule has 0 aliphatic carbocycles. The number of benzene rings is 2. The second kappa shape index (κ2) is 9.98. The first-order valence-corrected chi connectivity index (χ1v) is 12.1. The van der Waals surface area contributed by atoms with Crippen LogP contribution in [0.25, 0.3) is 0 Å². The predicted octanol–water partition coefficient (Wildman–Crippen LogP) is 3.62. The molecule has 164 valence electrons. The monoisotopic (exact) mass is 431 g/mol. The highest BCUT2D eigenvalue weighted by molar-refractivity contribution is 7.92. The lowest BCUT2D eigenvalue weighted by molar-refractivity contribution is -0.122. The highest BCUT2D eigenvalue weighted by Crippen LogP contribution is 2.26. The molecule has 0 spiro atoms. The van der Waals surface area contributed by atoms with Gasteiger partial charge < -0.3 is 10.2 Å². The van der Waals surface area contributed by atoms with E-state index in [1.54, 1.807) is 13.0 Å². The Kier molecular flexibility index (Phi) is 7.89. The number of rotatable bonds is 9. The van der Waals surface area contributed by atoms with Crippen molar-refractivity contribution in [3.63, 3.8) is 0 Å². The van der Waals surface area contributed by atoms with Crippen LogP contribution in [0, 0.1) is 13.8 Å². The van der Waals surface area contributed by atoms with Crippen LogP contribution < -0.4 is 14.5 Å². The summed E-state index contributed by atoms with van der Waals surface area (Å²) in [5.74, 6) is -0.339. The summed E-state index contributed by atoms with van der Waals surface area (Å²) in [6, 6.07) is 12.8. The van der Waals surface area contributed by atoms with Crippen LogP contribution in [0.3, 0.4) is 0 Å². The van der Waals surface area contributed by atoms with Gasteiger partial charge in [0.15, 0.2) is 0 Å². The summed E-state index contributed by atoms with van der Waals surface area (Å²) in [5, 5.41) is 2.87. The van der Waals surface area contributed by atoms with Gasteiger partial charge in [0, 0.05) is 25.3 Å². The fourth-order valence-corrected chi connectivity index (χ4v) is 4.71. The van der Waals surface area contributed by atoms with Gasteiger partial charge in [-0.05, 0) is 69.5 Å². The molecule has 1 amide bonds. The lowest BCUT2D eigenvalue weighted by Gasteiger charge is -2.29. The third-order valence-electron chi connectivity index (χ3n) is 5.22. The van der Waals surface area contributed by atoms with Crippen molar-refractivity contribution < 1.29 is 13.2 Å². The first kappa shape index (κ1) is 23.7. The van der Waals surface area contributed by atoms with Gasteiger partial charge in [0.1, 0.15) is 6.04 Å². The largest absolute Gasteiger partial charge is 0.372 e. The Balaban J connectivity index is 2.15. The van der Waals surface area contributed by atoms with E-state index in [0.717, 1.165) is 41.7 Å². The summed E-state index contributed by atoms with van der Waals surface area (Å²) >= 11 is 0. The van der Waals surface area contributed by atoms with Crippen LogP contribution >= 0.6 is 0 Å². The molecule has 0 fully saturated rings. The summed E-state index contributed by atoms with van der Waals surface area (Å²) in [6.45, 7) is 11.8. The molecule has 7 heteroatoms. The summed E-state index contributed by atoms with van der Waals surface area (Å²) in [6.07, 6.45) is 1.13. The fourth-order valence-electron chi connectivity index (χ4n) is 3.49. The maximum atomic E-state index is 12.8. The molecule has 0 saturated carbocycles. The molecule has 0 radical (unpaired) electrons. The first-order chi connectivity index (χ1) is 14.1. The molecule has 0 saturated heterocycles. The summed E-state index contributed by atoms with van der Waals surface area (Å²) in [5.41, 5.74) is 4.37. The number of nitrogens with one attached hydrogen (secondary N) is 1. The molecule has 0 aromatic heterocycles. The minimum Gasteiger partial charge on any atom is -0.372 e. The number of sulfonamides is 1. The van der Waals surface area contributed by atoms with Gasteiger partial charge in [-0.2, -0.15) is 0 Å².